The normalized spacial score (nSPS) is 20.2. The Morgan fingerprint density at radius 3 is 2.96 bits per heavy atom. The van der Waals surface area contributed by atoms with Gasteiger partial charge in [0.15, 0.2) is 11.7 Å². The van der Waals surface area contributed by atoms with Crippen molar-refractivity contribution in [1.29, 1.82) is 0 Å². The molecule has 0 saturated carbocycles. The van der Waals surface area contributed by atoms with E-state index in [4.69, 9.17) is 10.2 Å². The molecule has 7 nitrogen and oxygen atoms in total. The summed E-state index contributed by atoms with van der Waals surface area (Å²) in [6.07, 6.45) is 2.71. The molecule has 27 heavy (non-hydrogen) atoms. The molecule has 3 aromatic rings. The number of carbonyl (C=O) groups excluding carboxylic acids is 1. The van der Waals surface area contributed by atoms with Crippen LogP contribution in [0.5, 0.6) is 0 Å². The van der Waals surface area contributed by atoms with Gasteiger partial charge in [-0.2, -0.15) is 0 Å². The van der Waals surface area contributed by atoms with Crippen LogP contribution in [0.25, 0.3) is 22.4 Å². The van der Waals surface area contributed by atoms with Crippen LogP contribution in [0, 0.1) is 6.92 Å². The third kappa shape index (κ3) is 3.66. The second kappa shape index (κ2) is 7.03. The molecule has 0 aromatic carbocycles. The Morgan fingerprint density at radius 1 is 1.37 bits per heavy atom. The van der Waals surface area contributed by atoms with Gasteiger partial charge in [0.1, 0.15) is 11.9 Å². The number of amides is 1. The van der Waals surface area contributed by atoms with E-state index in [1.54, 1.807) is 25.4 Å². The Balaban J connectivity index is 1.54. The van der Waals surface area contributed by atoms with E-state index >= 15 is 0 Å². The fourth-order valence-electron chi connectivity index (χ4n) is 3.19. The number of hydrogen-bond donors (Lipinski definition) is 1. The molecule has 4 rings (SSSR count). The van der Waals surface area contributed by atoms with Crippen LogP contribution < -0.4 is 5.73 Å². The zero-order valence-corrected chi connectivity index (χ0v) is 14.9. The minimum absolute atomic E-state index is 0.0425. The maximum Gasteiger partial charge on any atom is 0.228 e. The number of piperidine rings is 1. The minimum Gasteiger partial charge on any atom is -0.439 e. The molecular weight excluding hydrogens is 349 g/mol. The first-order valence-corrected chi connectivity index (χ1v) is 8.85. The van der Waals surface area contributed by atoms with E-state index in [-0.39, 0.29) is 18.9 Å². The molecule has 3 aromatic heterocycles. The minimum atomic E-state index is -1.18. The van der Waals surface area contributed by atoms with Crippen molar-refractivity contribution in [2.24, 2.45) is 5.73 Å². The molecule has 0 spiro atoms. The van der Waals surface area contributed by atoms with Crippen molar-refractivity contribution in [3.63, 3.8) is 0 Å². The molecule has 0 bridgehead atoms. The fourth-order valence-corrected chi connectivity index (χ4v) is 3.19. The number of fused-ring (bicyclic) bond motifs is 1. The SMILES string of the molecule is Cc1ncc(-c2ccc3cnc(CC(=O)N4CC[C@H](N)[C@@H](F)C4)cc3n2)o1. The number of carbonyl (C=O) groups is 1. The Kier molecular flexibility index (Phi) is 4.57. The van der Waals surface area contributed by atoms with Crippen molar-refractivity contribution in [3.05, 3.63) is 42.2 Å². The summed E-state index contributed by atoms with van der Waals surface area (Å²) in [7, 11) is 0. The highest BCUT2D eigenvalue weighted by molar-refractivity contribution is 5.83. The van der Waals surface area contributed by atoms with Crippen molar-refractivity contribution in [2.45, 2.75) is 32.0 Å². The molecular formula is C19H20FN5O2. The van der Waals surface area contributed by atoms with Crippen molar-refractivity contribution in [3.8, 4) is 11.5 Å². The van der Waals surface area contributed by atoms with Crippen LogP contribution >= 0.6 is 0 Å². The van der Waals surface area contributed by atoms with Crippen LogP contribution in [0.2, 0.25) is 0 Å². The number of aryl methyl sites for hydroxylation is 1. The van der Waals surface area contributed by atoms with Gasteiger partial charge < -0.3 is 15.1 Å². The van der Waals surface area contributed by atoms with Gasteiger partial charge in [0, 0.05) is 31.1 Å². The van der Waals surface area contributed by atoms with E-state index in [9.17, 15) is 9.18 Å². The molecule has 1 saturated heterocycles. The summed E-state index contributed by atoms with van der Waals surface area (Å²) in [5.41, 5.74) is 7.64. The number of rotatable bonds is 3. The van der Waals surface area contributed by atoms with Crippen LogP contribution in [0.3, 0.4) is 0 Å². The molecule has 1 fully saturated rings. The van der Waals surface area contributed by atoms with Crippen molar-refractivity contribution in [1.82, 2.24) is 19.9 Å². The topological polar surface area (TPSA) is 98.1 Å². The summed E-state index contributed by atoms with van der Waals surface area (Å²) in [5.74, 6) is 1.00. The largest absolute Gasteiger partial charge is 0.439 e. The van der Waals surface area contributed by atoms with E-state index in [0.29, 0.717) is 41.5 Å². The van der Waals surface area contributed by atoms with Crippen molar-refractivity contribution in [2.75, 3.05) is 13.1 Å². The Labute approximate surface area is 155 Å². The summed E-state index contributed by atoms with van der Waals surface area (Å²) >= 11 is 0. The van der Waals surface area contributed by atoms with E-state index in [2.05, 4.69) is 15.0 Å². The zero-order valence-electron chi connectivity index (χ0n) is 14.9. The maximum atomic E-state index is 13.8. The molecule has 0 unspecified atom stereocenters. The number of aromatic nitrogens is 3. The van der Waals surface area contributed by atoms with Gasteiger partial charge in [0.25, 0.3) is 0 Å². The van der Waals surface area contributed by atoms with Gasteiger partial charge in [-0.05, 0) is 24.6 Å². The first-order chi connectivity index (χ1) is 13.0. The fraction of sp³-hybridized carbons (Fsp3) is 0.368. The summed E-state index contributed by atoms with van der Waals surface area (Å²) in [6, 6.07) is 5.03. The average molecular weight is 369 g/mol. The van der Waals surface area contributed by atoms with Crippen LogP contribution in [-0.4, -0.2) is 51.1 Å². The van der Waals surface area contributed by atoms with E-state index in [1.165, 1.54) is 4.90 Å². The third-order valence-electron chi connectivity index (χ3n) is 4.78. The number of nitrogens with two attached hydrogens (primary N) is 1. The lowest BCUT2D eigenvalue weighted by atomic mass is 10.0. The quantitative estimate of drug-likeness (QED) is 0.759. The molecule has 0 radical (unpaired) electrons. The number of nitrogens with zero attached hydrogens (tertiary/aromatic N) is 4. The van der Waals surface area contributed by atoms with E-state index < -0.39 is 12.2 Å². The molecule has 2 atom stereocenters. The second-order valence-electron chi connectivity index (χ2n) is 6.79. The number of likely N-dealkylation sites (tertiary alicyclic amines) is 1. The monoisotopic (exact) mass is 369 g/mol. The van der Waals surface area contributed by atoms with Gasteiger partial charge in [-0.1, -0.05) is 0 Å². The van der Waals surface area contributed by atoms with Gasteiger partial charge in [-0.3, -0.25) is 9.78 Å². The summed E-state index contributed by atoms with van der Waals surface area (Å²) < 4.78 is 19.3. The van der Waals surface area contributed by atoms with Gasteiger partial charge in [-0.15, -0.1) is 0 Å². The highest BCUT2D eigenvalue weighted by atomic mass is 19.1. The summed E-state index contributed by atoms with van der Waals surface area (Å²) in [5, 5.41) is 0.860. The second-order valence-corrected chi connectivity index (χ2v) is 6.79. The molecule has 2 N–H and O–H groups in total. The lowest BCUT2D eigenvalue weighted by Gasteiger charge is -2.32. The Hall–Kier alpha value is -2.87. The van der Waals surface area contributed by atoms with Gasteiger partial charge >= 0.3 is 0 Å². The summed E-state index contributed by atoms with van der Waals surface area (Å²) in [4.78, 5) is 27.0. The first kappa shape index (κ1) is 17.5. The lowest BCUT2D eigenvalue weighted by molar-refractivity contribution is -0.132. The van der Waals surface area contributed by atoms with Crippen LogP contribution in [-0.2, 0) is 11.2 Å². The number of hydrogen-bond acceptors (Lipinski definition) is 6. The van der Waals surface area contributed by atoms with E-state index in [1.807, 2.05) is 12.1 Å². The number of alkyl halides is 1. The molecule has 140 valence electrons. The van der Waals surface area contributed by atoms with Crippen molar-refractivity contribution >= 4 is 16.8 Å². The average Bonchev–Trinajstić information content (AvgIpc) is 3.09. The predicted molar refractivity (Wildman–Crippen MR) is 97.5 cm³/mol. The number of pyridine rings is 2. The molecule has 4 heterocycles. The molecule has 1 aliphatic rings. The van der Waals surface area contributed by atoms with Gasteiger partial charge in [0.2, 0.25) is 5.91 Å². The zero-order chi connectivity index (χ0) is 19.0. The van der Waals surface area contributed by atoms with Gasteiger partial charge in [-0.25, -0.2) is 14.4 Å². The van der Waals surface area contributed by atoms with Crippen molar-refractivity contribution < 1.29 is 13.6 Å². The number of oxazole rings is 1. The Morgan fingerprint density at radius 2 is 2.22 bits per heavy atom. The predicted octanol–water partition coefficient (Wildman–Crippen LogP) is 2.03. The first-order valence-electron chi connectivity index (χ1n) is 8.85. The molecule has 1 amide bonds. The molecule has 8 heteroatoms. The highest BCUT2D eigenvalue weighted by Crippen LogP contribution is 2.22. The maximum absolute atomic E-state index is 13.8. The molecule has 1 aliphatic heterocycles. The highest BCUT2D eigenvalue weighted by Gasteiger charge is 2.29. The van der Waals surface area contributed by atoms with Crippen LogP contribution in [0.4, 0.5) is 4.39 Å². The van der Waals surface area contributed by atoms with Crippen LogP contribution in [0.1, 0.15) is 18.0 Å². The van der Waals surface area contributed by atoms with Crippen LogP contribution in [0.15, 0.2) is 35.0 Å². The Bertz CT molecular complexity index is 989. The molecule has 0 aliphatic carbocycles. The van der Waals surface area contributed by atoms with Gasteiger partial charge in [0.05, 0.1) is 30.4 Å². The lowest BCUT2D eigenvalue weighted by Crippen LogP contribution is -2.50. The third-order valence-corrected chi connectivity index (χ3v) is 4.78. The number of halogens is 1. The smallest absolute Gasteiger partial charge is 0.228 e. The standard InChI is InChI=1S/C19H20FN5O2/c1-11-22-9-18(27-11)16-3-2-12-8-23-13(6-17(12)24-16)7-19(26)25-5-4-15(21)14(20)10-25/h2-3,6,8-9,14-15H,4-5,7,10,21H2,1H3/t14-,15-/m0/s1. The summed E-state index contributed by atoms with van der Waals surface area (Å²) in [6.45, 7) is 2.29. The van der Waals surface area contributed by atoms with E-state index in [0.717, 1.165) is 5.39 Å².